The number of urea groups is 1. The molecule has 0 bridgehead atoms. The smallest absolute Gasteiger partial charge is 0.319 e. The van der Waals surface area contributed by atoms with E-state index in [4.69, 9.17) is 0 Å². The summed E-state index contributed by atoms with van der Waals surface area (Å²) in [5.74, 6) is 0. The average molecular weight is 325 g/mol. The predicted molar refractivity (Wildman–Crippen MR) is 94.9 cm³/mol. The monoisotopic (exact) mass is 325 g/mol. The van der Waals surface area contributed by atoms with Crippen LogP contribution in [0.4, 0.5) is 10.5 Å². The molecule has 0 saturated heterocycles. The lowest BCUT2D eigenvalue weighted by atomic mass is 10.00. The van der Waals surface area contributed by atoms with E-state index in [2.05, 4.69) is 33.7 Å². The molecule has 126 valence electrons. The minimum Gasteiger partial charge on any atom is -0.390 e. The maximum Gasteiger partial charge on any atom is 0.319 e. The van der Waals surface area contributed by atoms with Crippen molar-refractivity contribution in [3.8, 4) is 0 Å². The van der Waals surface area contributed by atoms with E-state index in [1.807, 2.05) is 36.4 Å². The Morgan fingerprint density at radius 1 is 1.08 bits per heavy atom. The van der Waals surface area contributed by atoms with Crippen LogP contribution in [0.2, 0.25) is 0 Å². The van der Waals surface area contributed by atoms with E-state index >= 15 is 0 Å². The molecular formula is C19H23N3O2. The molecule has 3 N–H and O–H groups in total. The van der Waals surface area contributed by atoms with Gasteiger partial charge in [-0.05, 0) is 29.7 Å². The van der Waals surface area contributed by atoms with Crippen LogP contribution in [0.25, 0.3) is 0 Å². The van der Waals surface area contributed by atoms with Crippen LogP contribution in [0.3, 0.4) is 0 Å². The van der Waals surface area contributed by atoms with E-state index in [1.165, 1.54) is 11.1 Å². The molecule has 5 heteroatoms. The molecule has 0 saturated carbocycles. The van der Waals surface area contributed by atoms with Gasteiger partial charge in [0.25, 0.3) is 0 Å². The number of benzene rings is 2. The van der Waals surface area contributed by atoms with E-state index in [0.717, 1.165) is 25.2 Å². The van der Waals surface area contributed by atoms with Crippen LogP contribution in [0.5, 0.6) is 0 Å². The molecular weight excluding hydrogens is 302 g/mol. The number of aliphatic hydroxyl groups is 1. The Morgan fingerprint density at radius 3 is 2.58 bits per heavy atom. The molecule has 0 aliphatic carbocycles. The number of rotatable bonds is 5. The van der Waals surface area contributed by atoms with Crippen LogP contribution in [0.1, 0.15) is 11.1 Å². The number of anilines is 1. The molecule has 2 aromatic carbocycles. The van der Waals surface area contributed by atoms with Gasteiger partial charge in [-0.1, -0.05) is 42.5 Å². The zero-order valence-corrected chi connectivity index (χ0v) is 13.6. The summed E-state index contributed by atoms with van der Waals surface area (Å²) in [4.78, 5) is 14.1. The summed E-state index contributed by atoms with van der Waals surface area (Å²) in [6, 6.07) is 17.4. The number of hydrogen-bond acceptors (Lipinski definition) is 3. The van der Waals surface area contributed by atoms with Gasteiger partial charge in [-0.25, -0.2) is 4.79 Å². The number of fused-ring (bicyclic) bond motifs is 1. The quantitative estimate of drug-likeness (QED) is 0.790. The number of nitrogens with one attached hydrogen (secondary N) is 2. The lowest BCUT2D eigenvalue weighted by molar-refractivity contribution is 0.106. The van der Waals surface area contributed by atoms with E-state index in [9.17, 15) is 9.90 Å². The van der Waals surface area contributed by atoms with Crippen molar-refractivity contribution in [2.45, 2.75) is 19.1 Å². The summed E-state index contributed by atoms with van der Waals surface area (Å²) in [5.41, 5.74) is 3.45. The third-order valence-electron chi connectivity index (χ3n) is 4.21. The normalized spacial score (nSPS) is 15.4. The Balaban J connectivity index is 1.41. The highest BCUT2D eigenvalue weighted by atomic mass is 16.3. The number of β-amino-alcohol motifs (C(OH)–C–C–N with tert-alkyl or cyclic N) is 1. The second-order valence-corrected chi connectivity index (χ2v) is 6.11. The number of amides is 2. The fourth-order valence-electron chi connectivity index (χ4n) is 2.98. The molecule has 2 amide bonds. The zero-order valence-electron chi connectivity index (χ0n) is 13.6. The molecule has 0 unspecified atom stereocenters. The minimum atomic E-state index is -0.586. The molecule has 0 fully saturated rings. The van der Waals surface area contributed by atoms with Crippen LogP contribution in [-0.4, -0.2) is 41.8 Å². The maximum absolute atomic E-state index is 11.8. The highest BCUT2D eigenvalue weighted by molar-refractivity contribution is 5.89. The number of nitrogens with zero attached hydrogens (tertiary/aromatic N) is 1. The number of carbonyl (C=O) groups is 1. The molecule has 0 radical (unpaired) electrons. The number of carbonyl (C=O) groups excluding carboxylic acids is 1. The second-order valence-electron chi connectivity index (χ2n) is 6.11. The molecule has 24 heavy (non-hydrogen) atoms. The standard InChI is InChI=1S/C19H23N3O2/c23-18(12-20-19(24)21-17-8-2-1-3-9-17)14-22-11-10-15-6-4-5-7-16(15)13-22/h1-9,18,23H,10-14H2,(H2,20,21,24)/t18-/m0/s1. The summed E-state index contributed by atoms with van der Waals surface area (Å²) in [7, 11) is 0. The molecule has 1 heterocycles. The Hall–Kier alpha value is -2.37. The van der Waals surface area contributed by atoms with Crippen LogP contribution in [-0.2, 0) is 13.0 Å². The Kier molecular flexibility index (Phi) is 5.46. The number of hydrogen-bond donors (Lipinski definition) is 3. The highest BCUT2D eigenvalue weighted by Crippen LogP contribution is 2.18. The molecule has 0 aromatic heterocycles. The first kappa shape index (κ1) is 16.5. The van der Waals surface area contributed by atoms with Crippen LogP contribution in [0, 0.1) is 0 Å². The first-order valence-corrected chi connectivity index (χ1v) is 8.28. The van der Waals surface area contributed by atoms with Crippen molar-refractivity contribution in [3.63, 3.8) is 0 Å². The third-order valence-corrected chi connectivity index (χ3v) is 4.21. The maximum atomic E-state index is 11.8. The largest absolute Gasteiger partial charge is 0.390 e. The van der Waals surface area contributed by atoms with Crippen molar-refractivity contribution >= 4 is 11.7 Å². The van der Waals surface area contributed by atoms with Crippen LogP contribution < -0.4 is 10.6 Å². The third kappa shape index (κ3) is 4.57. The topological polar surface area (TPSA) is 64.6 Å². The molecule has 1 atom stereocenters. The van der Waals surface area contributed by atoms with Crippen molar-refractivity contribution in [3.05, 3.63) is 65.7 Å². The van der Waals surface area contributed by atoms with E-state index < -0.39 is 6.10 Å². The Bertz CT molecular complexity index is 675. The van der Waals surface area contributed by atoms with Gasteiger partial charge in [-0.3, -0.25) is 4.90 Å². The first-order valence-electron chi connectivity index (χ1n) is 8.28. The summed E-state index contributed by atoms with van der Waals surface area (Å²) in [6.07, 6.45) is 0.418. The molecule has 3 rings (SSSR count). The number of para-hydroxylation sites is 1. The van der Waals surface area contributed by atoms with Gasteiger partial charge in [0.15, 0.2) is 0 Å². The molecule has 1 aliphatic rings. The van der Waals surface area contributed by atoms with Crippen molar-refractivity contribution in [1.82, 2.24) is 10.2 Å². The van der Waals surface area contributed by atoms with Gasteiger partial charge in [0.05, 0.1) is 6.10 Å². The van der Waals surface area contributed by atoms with Gasteiger partial charge in [-0.2, -0.15) is 0 Å². The van der Waals surface area contributed by atoms with Gasteiger partial charge in [0, 0.05) is 31.9 Å². The van der Waals surface area contributed by atoms with E-state index in [0.29, 0.717) is 6.54 Å². The summed E-state index contributed by atoms with van der Waals surface area (Å²) >= 11 is 0. The Labute approximate surface area is 142 Å². The van der Waals surface area contributed by atoms with Crippen LogP contribution in [0.15, 0.2) is 54.6 Å². The molecule has 5 nitrogen and oxygen atoms in total. The van der Waals surface area contributed by atoms with Crippen molar-refractivity contribution in [1.29, 1.82) is 0 Å². The minimum absolute atomic E-state index is 0.233. The molecule has 1 aliphatic heterocycles. The fraction of sp³-hybridized carbons (Fsp3) is 0.316. The van der Waals surface area contributed by atoms with Crippen molar-refractivity contribution in [2.24, 2.45) is 0 Å². The lowest BCUT2D eigenvalue weighted by Crippen LogP contribution is -2.42. The lowest BCUT2D eigenvalue weighted by Gasteiger charge is -2.30. The SMILES string of the molecule is O=C(NC[C@H](O)CN1CCc2ccccc2C1)Nc1ccccc1. The zero-order chi connectivity index (χ0) is 16.8. The van der Waals surface area contributed by atoms with E-state index in [-0.39, 0.29) is 12.6 Å². The van der Waals surface area contributed by atoms with Crippen molar-refractivity contribution < 1.29 is 9.90 Å². The summed E-state index contributed by atoms with van der Waals surface area (Å²) < 4.78 is 0. The average Bonchev–Trinajstić information content (AvgIpc) is 2.61. The second kappa shape index (κ2) is 7.95. The van der Waals surface area contributed by atoms with Gasteiger partial charge in [-0.15, -0.1) is 0 Å². The number of aliphatic hydroxyl groups excluding tert-OH is 1. The van der Waals surface area contributed by atoms with Crippen molar-refractivity contribution in [2.75, 3.05) is 25.0 Å². The highest BCUT2D eigenvalue weighted by Gasteiger charge is 2.18. The van der Waals surface area contributed by atoms with Gasteiger partial charge >= 0.3 is 6.03 Å². The van der Waals surface area contributed by atoms with Gasteiger partial charge in [0.1, 0.15) is 0 Å². The Morgan fingerprint density at radius 2 is 1.79 bits per heavy atom. The van der Waals surface area contributed by atoms with Crippen LogP contribution >= 0.6 is 0 Å². The predicted octanol–water partition coefficient (Wildman–Crippen LogP) is 2.23. The van der Waals surface area contributed by atoms with E-state index in [1.54, 1.807) is 0 Å². The molecule has 2 aromatic rings. The van der Waals surface area contributed by atoms with Gasteiger partial charge < -0.3 is 15.7 Å². The van der Waals surface area contributed by atoms with Gasteiger partial charge in [0.2, 0.25) is 0 Å². The molecule has 0 spiro atoms. The first-order chi connectivity index (χ1) is 11.7. The fourth-order valence-corrected chi connectivity index (χ4v) is 2.98. The summed E-state index contributed by atoms with van der Waals surface area (Å²) in [5, 5.41) is 15.6. The summed E-state index contributed by atoms with van der Waals surface area (Å²) in [6.45, 7) is 2.57.